The van der Waals surface area contributed by atoms with E-state index >= 15 is 0 Å². The summed E-state index contributed by atoms with van der Waals surface area (Å²) in [6.07, 6.45) is -5.39. The fourth-order valence-electron chi connectivity index (χ4n) is 3.57. The van der Waals surface area contributed by atoms with Gasteiger partial charge in [0, 0.05) is 0 Å². The summed E-state index contributed by atoms with van der Waals surface area (Å²) in [6.45, 7) is -0.363. The number of carbonyl (C=O) groups is 2. The van der Waals surface area contributed by atoms with Crippen LogP contribution in [0.15, 0.2) is 39.7 Å². The van der Waals surface area contributed by atoms with Gasteiger partial charge in [0.25, 0.3) is 5.91 Å². The third-order valence-corrected chi connectivity index (χ3v) is 5.84. The highest BCUT2D eigenvalue weighted by molar-refractivity contribution is 9.10. The SMILES string of the molecule is NC(=O)c1c(Br)n([C@H]2O[C@@H](COC(=O)c3ccccc3)[C@@H](O)[C@@H]2O)c2nc(=O)[nH]c(N)c12. The monoisotopic (exact) mass is 507 g/mol. The molecule has 0 bridgehead atoms. The number of carbonyl (C=O) groups excluding carboxylic acids is 2. The second-order valence-electron chi connectivity index (χ2n) is 7.07. The molecule has 168 valence electrons. The van der Waals surface area contributed by atoms with Gasteiger partial charge in [-0.25, -0.2) is 9.59 Å². The van der Waals surface area contributed by atoms with Crippen molar-refractivity contribution in [1.29, 1.82) is 0 Å². The zero-order chi connectivity index (χ0) is 23.2. The highest BCUT2D eigenvalue weighted by atomic mass is 79.9. The van der Waals surface area contributed by atoms with E-state index in [-0.39, 0.29) is 33.6 Å². The summed E-state index contributed by atoms with van der Waals surface area (Å²) in [4.78, 5) is 42.2. The van der Waals surface area contributed by atoms with Crippen LogP contribution < -0.4 is 17.2 Å². The number of nitrogens with one attached hydrogen (secondary N) is 1. The molecule has 13 heteroatoms. The Labute approximate surface area is 187 Å². The summed E-state index contributed by atoms with van der Waals surface area (Å²) in [5.41, 5.74) is 10.6. The third kappa shape index (κ3) is 3.64. The molecule has 12 nitrogen and oxygen atoms in total. The first-order chi connectivity index (χ1) is 15.2. The molecule has 32 heavy (non-hydrogen) atoms. The number of aliphatic hydroxyl groups excluding tert-OH is 2. The fraction of sp³-hybridized carbons (Fsp3) is 0.263. The first-order valence-corrected chi connectivity index (χ1v) is 10.1. The number of ether oxygens (including phenoxy) is 2. The van der Waals surface area contributed by atoms with Crippen LogP contribution in [-0.4, -0.2) is 61.5 Å². The van der Waals surface area contributed by atoms with E-state index in [4.69, 9.17) is 20.9 Å². The number of aromatic nitrogens is 3. The van der Waals surface area contributed by atoms with Crippen molar-refractivity contribution in [2.45, 2.75) is 24.5 Å². The second-order valence-corrected chi connectivity index (χ2v) is 7.82. The number of aliphatic hydroxyl groups is 2. The van der Waals surface area contributed by atoms with Crippen molar-refractivity contribution in [3.63, 3.8) is 0 Å². The van der Waals surface area contributed by atoms with Crippen LogP contribution in [0.1, 0.15) is 26.9 Å². The minimum Gasteiger partial charge on any atom is -0.459 e. The molecule has 2 aromatic heterocycles. The Morgan fingerprint density at radius 3 is 2.59 bits per heavy atom. The number of H-pyrrole nitrogens is 1. The Morgan fingerprint density at radius 1 is 1.25 bits per heavy atom. The maximum absolute atomic E-state index is 12.2. The number of nitrogens with two attached hydrogens (primary N) is 2. The maximum Gasteiger partial charge on any atom is 0.348 e. The van der Waals surface area contributed by atoms with Crippen molar-refractivity contribution in [2.75, 3.05) is 12.3 Å². The van der Waals surface area contributed by atoms with E-state index < -0.39 is 42.1 Å². The largest absolute Gasteiger partial charge is 0.459 e. The van der Waals surface area contributed by atoms with Gasteiger partial charge in [0.1, 0.15) is 35.3 Å². The van der Waals surface area contributed by atoms with Crippen molar-refractivity contribution in [3.05, 3.63) is 56.5 Å². The number of nitrogens with zero attached hydrogens (tertiary/aromatic N) is 2. The molecule has 1 fully saturated rings. The normalized spacial score (nSPS) is 22.8. The Bertz CT molecular complexity index is 1260. The number of anilines is 1. The molecular formula is C19H18BrN5O7. The number of benzene rings is 1. The predicted molar refractivity (Wildman–Crippen MR) is 114 cm³/mol. The quantitative estimate of drug-likeness (QED) is 0.286. The van der Waals surface area contributed by atoms with Crippen LogP contribution in [-0.2, 0) is 9.47 Å². The number of halogens is 1. The molecule has 1 aliphatic heterocycles. The van der Waals surface area contributed by atoms with Crippen LogP contribution in [0.4, 0.5) is 5.82 Å². The van der Waals surface area contributed by atoms with Crippen LogP contribution in [0.25, 0.3) is 11.0 Å². The van der Waals surface area contributed by atoms with E-state index in [1.807, 2.05) is 0 Å². The maximum atomic E-state index is 12.2. The summed E-state index contributed by atoms with van der Waals surface area (Å²) in [6, 6.07) is 8.21. The first kappa shape index (κ1) is 22.0. The van der Waals surface area contributed by atoms with Crippen LogP contribution in [0, 0.1) is 0 Å². The van der Waals surface area contributed by atoms with Gasteiger partial charge in [-0.15, -0.1) is 0 Å². The van der Waals surface area contributed by atoms with Crippen LogP contribution in [0.2, 0.25) is 0 Å². The minimum atomic E-state index is -1.52. The summed E-state index contributed by atoms with van der Waals surface area (Å²) < 4.78 is 12.2. The molecular weight excluding hydrogens is 490 g/mol. The van der Waals surface area contributed by atoms with E-state index in [0.717, 1.165) is 0 Å². The molecule has 3 heterocycles. The van der Waals surface area contributed by atoms with Crippen LogP contribution >= 0.6 is 15.9 Å². The zero-order valence-corrected chi connectivity index (χ0v) is 17.9. The lowest BCUT2D eigenvalue weighted by molar-refractivity contribution is -0.0571. The van der Waals surface area contributed by atoms with Gasteiger partial charge in [-0.05, 0) is 28.1 Å². The standard InChI is InChI=1S/C19H18BrN5O7/c20-13-9(15(22)28)10-14(21)23-19(30)24-16(10)25(13)17-12(27)11(26)8(32-17)6-31-18(29)7-4-2-1-3-5-7/h1-5,8,11-12,17,26-27H,6H2,(H2,22,28)(H3,21,23,24,30)/t8-,11+,12-,17-/m0/s1. The highest BCUT2D eigenvalue weighted by Gasteiger charge is 2.46. The van der Waals surface area contributed by atoms with E-state index in [1.165, 1.54) is 4.57 Å². The van der Waals surface area contributed by atoms with Gasteiger partial charge in [0.05, 0.1) is 16.5 Å². The molecule has 1 aromatic carbocycles. The molecule has 1 aliphatic rings. The smallest absolute Gasteiger partial charge is 0.348 e. The molecule has 1 amide bonds. The van der Waals surface area contributed by atoms with Gasteiger partial charge < -0.3 is 31.2 Å². The van der Waals surface area contributed by atoms with Crippen molar-refractivity contribution in [3.8, 4) is 0 Å². The van der Waals surface area contributed by atoms with Crippen molar-refractivity contribution < 1.29 is 29.3 Å². The number of hydrogen-bond acceptors (Lipinski definition) is 9. The van der Waals surface area contributed by atoms with E-state index in [9.17, 15) is 24.6 Å². The van der Waals surface area contributed by atoms with Gasteiger partial charge in [-0.2, -0.15) is 4.98 Å². The number of aromatic amines is 1. The van der Waals surface area contributed by atoms with Crippen molar-refractivity contribution >= 4 is 44.7 Å². The number of fused-ring (bicyclic) bond motifs is 1. The predicted octanol–water partition coefficient (Wildman–Crippen LogP) is -0.356. The van der Waals surface area contributed by atoms with Gasteiger partial charge in [0.15, 0.2) is 11.9 Å². The lowest BCUT2D eigenvalue weighted by Gasteiger charge is -2.18. The third-order valence-electron chi connectivity index (χ3n) is 5.06. The van der Waals surface area contributed by atoms with Crippen LogP contribution in [0.5, 0.6) is 0 Å². The molecule has 4 atom stereocenters. The van der Waals surface area contributed by atoms with E-state index in [1.54, 1.807) is 30.3 Å². The highest BCUT2D eigenvalue weighted by Crippen LogP contribution is 2.39. The summed E-state index contributed by atoms with van der Waals surface area (Å²) >= 11 is 3.22. The Hall–Kier alpha value is -3.26. The molecule has 0 aliphatic carbocycles. The van der Waals surface area contributed by atoms with Gasteiger partial charge in [0.2, 0.25) is 0 Å². The van der Waals surface area contributed by atoms with Crippen molar-refractivity contribution in [2.24, 2.45) is 5.73 Å². The van der Waals surface area contributed by atoms with E-state index in [0.29, 0.717) is 5.56 Å². The molecule has 0 saturated carbocycles. The van der Waals surface area contributed by atoms with Crippen LogP contribution in [0.3, 0.4) is 0 Å². The Morgan fingerprint density at radius 2 is 1.94 bits per heavy atom. The van der Waals surface area contributed by atoms with Gasteiger partial charge >= 0.3 is 11.7 Å². The molecule has 0 spiro atoms. The Balaban J connectivity index is 1.66. The summed E-state index contributed by atoms with van der Waals surface area (Å²) in [5.74, 6) is -1.67. The number of esters is 1. The number of amides is 1. The molecule has 1 saturated heterocycles. The van der Waals surface area contributed by atoms with Gasteiger partial charge in [-0.3, -0.25) is 14.3 Å². The first-order valence-electron chi connectivity index (χ1n) is 9.33. The second kappa shape index (κ2) is 8.35. The lowest BCUT2D eigenvalue weighted by atomic mass is 10.1. The average molecular weight is 508 g/mol. The molecule has 0 unspecified atom stereocenters. The molecule has 4 rings (SSSR count). The van der Waals surface area contributed by atoms with Gasteiger partial charge in [-0.1, -0.05) is 18.2 Å². The lowest BCUT2D eigenvalue weighted by Crippen LogP contribution is -2.34. The van der Waals surface area contributed by atoms with Crippen molar-refractivity contribution in [1.82, 2.24) is 14.5 Å². The zero-order valence-electron chi connectivity index (χ0n) is 16.3. The molecule has 7 N–H and O–H groups in total. The number of primary amides is 1. The summed E-state index contributed by atoms with van der Waals surface area (Å²) in [7, 11) is 0. The Kier molecular flexibility index (Phi) is 5.73. The van der Waals surface area contributed by atoms with E-state index in [2.05, 4.69) is 25.9 Å². The minimum absolute atomic E-state index is 0.0383. The molecule has 3 aromatic rings. The number of nitrogen functional groups attached to an aromatic ring is 1. The average Bonchev–Trinajstić information content (AvgIpc) is 3.20. The number of rotatable bonds is 5. The number of hydrogen-bond donors (Lipinski definition) is 5. The topological polar surface area (TPSA) is 196 Å². The fourth-order valence-corrected chi connectivity index (χ4v) is 4.33. The molecule has 0 radical (unpaired) electrons. The summed E-state index contributed by atoms with van der Waals surface area (Å²) in [5, 5.41) is 21.1.